The Morgan fingerprint density at radius 2 is 2.22 bits per heavy atom. The first-order valence-corrected chi connectivity index (χ1v) is 5.68. The number of nitrogens with two attached hydrogens (primary N) is 1. The fourth-order valence-corrected chi connectivity index (χ4v) is 1.96. The standard InChI is InChI=1S/C11H16BNO4.Re/c13-7-10-8-3-1-4-9(16-6-2-5-14)11(8)12(15)17-10;/h1,3-4,10,14-15H,2,5-7,13H2;. The summed E-state index contributed by atoms with van der Waals surface area (Å²) in [6.45, 7) is 0.816. The number of hydrogen-bond acceptors (Lipinski definition) is 5. The molecule has 0 saturated heterocycles. The van der Waals surface area contributed by atoms with E-state index in [0.29, 0.717) is 30.8 Å². The molecule has 1 radical (unpaired) electrons. The molecule has 0 aromatic heterocycles. The van der Waals surface area contributed by atoms with E-state index in [4.69, 9.17) is 20.2 Å². The van der Waals surface area contributed by atoms with Gasteiger partial charge in [-0.05, 0) is 11.6 Å². The van der Waals surface area contributed by atoms with Gasteiger partial charge in [0, 0.05) is 45.5 Å². The predicted molar refractivity (Wildman–Crippen MR) is 64.1 cm³/mol. The molecule has 2 rings (SSSR count). The molecule has 0 bridgehead atoms. The molecule has 0 fully saturated rings. The van der Waals surface area contributed by atoms with Gasteiger partial charge < -0.3 is 25.3 Å². The molecular weight excluding hydrogens is 407 g/mol. The van der Waals surface area contributed by atoms with Gasteiger partial charge in [0.2, 0.25) is 0 Å². The summed E-state index contributed by atoms with van der Waals surface area (Å²) in [6, 6.07) is 5.50. The van der Waals surface area contributed by atoms with Crippen molar-refractivity contribution in [3.8, 4) is 5.75 Å². The maximum absolute atomic E-state index is 9.81. The molecule has 1 aliphatic heterocycles. The molecule has 1 aromatic rings. The van der Waals surface area contributed by atoms with Gasteiger partial charge in [-0.15, -0.1) is 0 Å². The summed E-state index contributed by atoms with van der Waals surface area (Å²) in [7, 11) is -0.983. The molecule has 0 amide bonds. The van der Waals surface area contributed by atoms with Crippen LogP contribution in [-0.4, -0.2) is 37.0 Å². The van der Waals surface area contributed by atoms with Gasteiger partial charge in [-0.2, -0.15) is 0 Å². The molecule has 4 N–H and O–H groups in total. The van der Waals surface area contributed by atoms with Crippen LogP contribution < -0.4 is 15.9 Å². The Morgan fingerprint density at radius 1 is 1.44 bits per heavy atom. The average molecular weight is 423 g/mol. The molecule has 0 saturated carbocycles. The third-order valence-corrected chi connectivity index (χ3v) is 2.76. The largest absolute Gasteiger partial charge is 0.495 e. The van der Waals surface area contributed by atoms with E-state index in [1.165, 1.54) is 0 Å². The Morgan fingerprint density at radius 3 is 2.89 bits per heavy atom. The summed E-state index contributed by atoms with van der Waals surface area (Å²) < 4.78 is 10.8. The second-order valence-electron chi connectivity index (χ2n) is 3.90. The van der Waals surface area contributed by atoms with E-state index in [9.17, 15) is 5.02 Å². The maximum atomic E-state index is 9.81. The summed E-state index contributed by atoms with van der Waals surface area (Å²) in [5, 5.41) is 18.5. The zero-order valence-electron chi connectivity index (χ0n) is 9.88. The van der Waals surface area contributed by atoms with Gasteiger partial charge in [-0.1, -0.05) is 12.1 Å². The summed E-state index contributed by atoms with van der Waals surface area (Å²) in [5.41, 5.74) is 7.10. The molecule has 5 nitrogen and oxygen atoms in total. The van der Waals surface area contributed by atoms with Crippen LogP contribution in [0.25, 0.3) is 0 Å². The summed E-state index contributed by atoms with van der Waals surface area (Å²) in [4.78, 5) is 0. The molecule has 1 aliphatic rings. The minimum absolute atomic E-state index is 0. The van der Waals surface area contributed by atoms with Crippen LogP contribution in [0.2, 0.25) is 0 Å². The van der Waals surface area contributed by atoms with Crippen molar-refractivity contribution in [2.45, 2.75) is 12.5 Å². The summed E-state index contributed by atoms with van der Waals surface area (Å²) >= 11 is 0. The predicted octanol–water partition coefficient (Wildman–Crippen LogP) is -0.837. The van der Waals surface area contributed by atoms with Gasteiger partial charge >= 0.3 is 7.12 Å². The molecule has 0 spiro atoms. The van der Waals surface area contributed by atoms with E-state index >= 15 is 0 Å². The number of rotatable bonds is 5. The molecule has 1 unspecified atom stereocenters. The van der Waals surface area contributed by atoms with Crippen molar-refractivity contribution in [2.75, 3.05) is 19.8 Å². The second-order valence-corrected chi connectivity index (χ2v) is 3.90. The molecular formula is C11H16BNO4Re. The zero-order chi connectivity index (χ0) is 12.3. The van der Waals surface area contributed by atoms with Crippen LogP contribution in [-0.2, 0) is 25.1 Å². The smallest absolute Gasteiger partial charge is 0.494 e. The van der Waals surface area contributed by atoms with Crippen LogP contribution in [0.4, 0.5) is 0 Å². The monoisotopic (exact) mass is 424 g/mol. The molecule has 1 aromatic carbocycles. The molecule has 18 heavy (non-hydrogen) atoms. The van der Waals surface area contributed by atoms with Crippen LogP contribution in [0.1, 0.15) is 18.1 Å². The Kier molecular flexibility index (Phi) is 6.30. The van der Waals surface area contributed by atoms with Gasteiger partial charge in [0.05, 0.1) is 12.7 Å². The van der Waals surface area contributed by atoms with Gasteiger partial charge in [-0.3, -0.25) is 0 Å². The van der Waals surface area contributed by atoms with Gasteiger partial charge in [0.25, 0.3) is 0 Å². The van der Waals surface area contributed by atoms with E-state index in [2.05, 4.69) is 0 Å². The minimum atomic E-state index is -0.983. The first-order valence-electron chi connectivity index (χ1n) is 5.68. The van der Waals surface area contributed by atoms with Crippen LogP contribution in [0.15, 0.2) is 18.2 Å². The topological polar surface area (TPSA) is 84.9 Å². The number of aliphatic hydroxyl groups excluding tert-OH is 1. The Balaban J connectivity index is 0.00000162. The van der Waals surface area contributed by atoms with Crippen LogP contribution in [0.5, 0.6) is 5.75 Å². The SMILES string of the molecule is NCC1OB(O)c2c(OCCCO)cccc21.[Re]. The van der Waals surface area contributed by atoms with Crippen LogP contribution in [0.3, 0.4) is 0 Å². The van der Waals surface area contributed by atoms with E-state index in [-0.39, 0.29) is 33.1 Å². The van der Waals surface area contributed by atoms with E-state index in [0.717, 1.165) is 5.56 Å². The first-order chi connectivity index (χ1) is 8.27. The van der Waals surface area contributed by atoms with Gasteiger partial charge in [-0.25, -0.2) is 0 Å². The number of fused-ring (bicyclic) bond motifs is 1. The third-order valence-electron chi connectivity index (χ3n) is 2.76. The van der Waals surface area contributed by atoms with Crippen LogP contribution >= 0.6 is 0 Å². The Bertz CT molecular complexity index is 393. The van der Waals surface area contributed by atoms with Crippen molar-refractivity contribution in [2.24, 2.45) is 5.73 Å². The van der Waals surface area contributed by atoms with E-state index in [1.807, 2.05) is 12.1 Å². The maximum Gasteiger partial charge on any atom is 0.495 e. The van der Waals surface area contributed by atoms with Crippen molar-refractivity contribution < 1.29 is 39.9 Å². The fourth-order valence-electron chi connectivity index (χ4n) is 1.96. The number of hydrogen-bond donors (Lipinski definition) is 3. The normalized spacial score (nSPS) is 17.3. The molecule has 0 aliphatic carbocycles. The molecule has 7 heteroatoms. The quantitative estimate of drug-likeness (QED) is 0.425. The van der Waals surface area contributed by atoms with Crippen molar-refractivity contribution in [1.82, 2.24) is 0 Å². The number of ether oxygens (including phenoxy) is 1. The van der Waals surface area contributed by atoms with Crippen molar-refractivity contribution >= 4 is 12.6 Å². The minimum Gasteiger partial charge on any atom is -0.494 e. The molecule has 1 atom stereocenters. The summed E-state index contributed by atoms with van der Waals surface area (Å²) in [5.74, 6) is 0.597. The third kappa shape index (κ3) is 3.12. The molecule has 1 heterocycles. The number of benzene rings is 1. The van der Waals surface area contributed by atoms with Crippen LogP contribution in [0, 0.1) is 0 Å². The molecule has 99 valence electrons. The second kappa shape index (κ2) is 7.24. The van der Waals surface area contributed by atoms with Gasteiger partial charge in [0.15, 0.2) is 0 Å². The zero-order valence-corrected chi connectivity index (χ0v) is 12.6. The first kappa shape index (κ1) is 15.6. The number of aliphatic hydroxyl groups is 1. The van der Waals surface area contributed by atoms with Crippen molar-refractivity contribution in [1.29, 1.82) is 0 Å². The van der Waals surface area contributed by atoms with E-state index in [1.54, 1.807) is 6.07 Å². The van der Waals surface area contributed by atoms with Crippen molar-refractivity contribution in [3.05, 3.63) is 23.8 Å². The average Bonchev–Trinajstić information content (AvgIpc) is 2.68. The van der Waals surface area contributed by atoms with E-state index < -0.39 is 7.12 Å². The summed E-state index contributed by atoms with van der Waals surface area (Å²) in [6.07, 6.45) is 0.280. The van der Waals surface area contributed by atoms with Gasteiger partial charge in [0.1, 0.15) is 5.75 Å². The van der Waals surface area contributed by atoms with Crippen molar-refractivity contribution in [3.63, 3.8) is 0 Å². The fraction of sp³-hybridized carbons (Fsp3) is 0.455. The Labute approximate surface area is 120 Å². The Hall–Kier alpha value is -0.413.